The summed E-state index contributed by atoms with van der Waals surface area (Å²) in [5.74, 6) is 0.628. The number of unbranched alkanes of at least 4 members (excludes halogenated alkanes) is 1. The molecule has 0 radical (unpaired) electrons. The van der Waals surface area contributed by atoms with Gasteiger partial charge in [-0.15, -0.1) is 0 Å². The van der Waals surface area contributed by atoms with Gasteiger partial charge >= 0.3 is 0 Å². The van der Waals surface area contributed by atoms with Crippen molar-refractivity contribution in [2.45, 2.75) is 45.6 Å². The quantitative estimate of drug-likeness (QED) is 0.703. The Morgan fingerprint density at radius 3 is 2.39 bits per heavy atom. The van der Waals surface area contributed by atoms with Crippen molar-refractivity contribution in [1.29, 1.82) is 0 Å². The van der Waals surface area contributed by atoms with Gasteiger partial charge in [0.25, 0.3) is 5.91 Å². The Balaban J connectivity index is 1.89. The first-order chi connectivity index (χ1) is 13.5. The average Bonchev–Trinajstić information content (AvgIpc) is 2.69. The predicted molar refractivity (Wildman–Crippen MR) is 112 cm³/mol. The lowest BCUT2D eigenvalue weighted by molar-refractivity contribution is -0.120. The van der Waals surface area contributed by atoms with Gasteiger partial charge in [-0.3, -0.25) is 4.79 Å². The fourth-order valence-corrected chi connectivity index (χ4v) is 3.59. The van der Waals surface area contributed by atoms with E-state index in [4.69, 9.17) is 4.74 Å². The number of benzene rings is 2. The highest BCUT2D eigenvalue weighted by Crippen LogP contribution is 2.38. The molecule has 0 saturated heterocycles. The van der Waals surface area contributed by atoms with E-state index in [1.54, 1.807) is 0 Å². The lowest BCUT2D eigenvalue weighted by Crippen LogP contribution is -2.48. The Labute approximate surface area is 167 Å². The van der Waals surface area contributed by atoms with E-state index >= 15 is 0 Å². The number of carbonyl (C=O) groups excluding carboxylic acids is 1. The molecule has 0 saturated carbocycles. The molecule has 4 nitrogen and oxygen atoms in total. The third kappa shape index (κ3) is 4.28. The fourth-order valence-electron chi connectivity index (χ4n) is 3.59. The second-order valence-electron chi connectivity index (χ2n) is 7.67. The highest BCUT2D eigenvalue weighted by Gasteiger charge is 2.37. The number of hydrogen-bond donors (Lipinski definition) is 2. The van der Waals surface area contributed by atoms with Gasteiger partial charge < -0.3 is 15.2 Å². The van der Waals surface area contributed by atoms with Crippen LogP contribution in [-0.2, 0) is 10.3 Å². The van der Waals surface area contributed by atoms with E-state index in [2.05, 4.69) is 12.2 Å². The molecule has 2 N–H and O–H groups in total. The highest BCUT2D eigenvalue weighted by molar-refractivity contribution is 6.03. The molecule has 0 bridgehead atoms. The van der Waals surface area contributed by atoms with Crippen molar-refractivity contribution in [3.8, 4) is 5.75 Å². The van der Waals surface area contributed by atoms with Gasteiger partial charge in [0, 0.05) is 12.0 Å². The van der Waals surface area contributed by atoms with Gasteiger partial charge in [0.2, 0.25) is 0 Å². The first kappa shape index (κ1) is 20.2. The minimum absolute atomic E-state index is 0.213. The zero-order valence-electron chi connectivity index (χ0n) is 16.9. The second-order valence-corrected chi connectivity index (χ2v) is 7.67. The molecule has 0 unspecified atom stereocenters. The largest absolute Gasteiger partial charge is 0.494 e. The van der Waals surface area contributed by atoms with Gasteiger partial charge in [0.1, 0.15) is 5.75 Å². The monoisotopic (exact) mass is 379 g/mol. The number of aliphatic hydroxyl groups is 1. The van der Waals surface area contributed by atoms with E-state index in [0.29, 0.717) is 18.6 Å². The first-order valence-corrected chi connectivity index (χ1v) is 9.92. The first-order valence-electron chi connectivity index (χ1n) is 9.92. The van der Waals surface area contributed by atoms with Crippen LogP contribution >= 0.6 is 0 Å². The van der Waals surface area contributed by atoms with Gasteiger partial charge in [-0.05, 0) is 49.1 Å². The Hall–Kier alpha value is -2.59. The van der Waals surface area contributed by atoms with E-state index in [1.807, 2.05) is 62.4 Å². The van der Waals surface area contributed by atoms with E-state index in [9.17, 15) is 9.90 Å². The van der Waals surface area contributed by atoms with Gasteiger partial charge in [-0.25, -0.2) is 0 Å². The number of nitrogens with one attached hydrogen (secondary N) is 1. The molecule has 1 aliphatic heterocycles. The Bertz CT molecular complexity index is 852. The van der Waals surface area contributed by atoms with Crippen LogP contribution in [0.2, 0.25) is 0 Å². The van der Waals surface area contributed by atoms with Crippen LogP contribution in [0.3, 0.4) is 0 Å². The molecule has 3 rings (SSSR count). The van der Waals surface area contributed by atoms with Crippen molar-refractivity contribution in [1.82, 2.24) is 5.32 Å². The zero-order chi connectivity index (χ0) is 20.1. The summed E-state index contributed by atoms with van der Waals surface area (Å²) < 4.78 is 5.75. The summed E-state index contributed by atoms with van der Waals surface area (Å²) in [5.41, 5.74) is 3.97. The molecule has 0 fully saturated rings. The summed E-state index contributed by atoms with van der Waals surface area (Å²) in [6.07, 6.45) is 2.75. The predicted octanol–water partition coefficient (Wildman–Crippen LogP) is 4.36. The average molecular weight is 380 g/mol. The Morgan fingerprint density at radius 1 is 1.11 bits per heavy atom. The maximum atomic E-state index is 12.8. The smallest absolute Gasteiger partial charge is 0.250 e. The normalized spacial score (nSPS) is 19.5. The third-order valence-corrected chi connectivity index (χ3v) is 5.37. The molecule has 0 spiro atoms. The van der Waals surface area contributed by atoms with Gasteiger partial charge in [0.15, 0.2) is 0 Å². The molecule has 1 heterocycles. The number of hydrogen-bond acceptors (Lipinski definition) is 3. The number of carbonyl (C=O) groups is 1. The van der Waals surface area contributed by atoms with Crippen LogP contribution in [0.25, 0.3) is 5.57 Å². The Morgan fingerprint density at radius 2 is 1.79 bits per heavy atom. The van der Waals surface area contributed by atoms with Crippen molar-refractivity contribution >= 4 is 11.5 Å². The van der Waals surface area contributed by atoms with Gasteiger partial charge in [-0.2, -0.15) is 0 Å². The SMILES string of the molecule is CCCCOc1ccc([C@]2(C)CC(c3ccc(C)cc3)=C(CO)C(=O)N2)cc1. The second kappa shape index (κ2) is 8.61. The molecule has 0 aliphatic carbocycles. The summed E-state index contributed by atoms with van der Waals surface area (Å²) in [6, 6.07) is 16.0. The van der Waals surface area contributed by atoms with Crippen LogP contribution in [-0.4, -0.2) is 24.2 Å². The van der Waals surface area contributed by atoms with Crippen LogP contribution in [0.4, 0.5) is 0 Å². The highest BCUT2D eigenvalue weighted by atomic mass is 16.5. The molecule has 2 aromatic carbocycles. The maximum absolute atomic E-state index is 12.8. The third-order valence-electron chi connectivity index (χ3n) is 5.37. The molecule has 1 amide bonds. The Kier molecular flexibility index (Phi) is 6.20. The van der Waals surface area contributed by atoms with E-state index < -0.39 is 5.54 Å². The van der Waals surface area contributed by atoms with Crippen LogP contribution in [0.1, 0.15) is 49.8 Å². The van der Waals surface area contributed by atoms with Crippen LogP contribution < -0.4 is 10.1 Å². The molecular formula is C24H29NO3. The lowest BCUT2D eigenvalue weighted by atomic mass is 9.78. The molecule has 4 heteroatoms. The van der Waals surface area contributed by atoms with Gasteiger partial charge in [0.05, 0.1) is 18.8 Å². The molecule has 148 valence electrons. The zero-order valence-corrected chi connectivity index (χ0v) is 16.9. The van der Waals surface area contributed by atoms with Gasteiger partial charge in [-0.1, -0.05) is 55.3 Å². The van der Waals surface area contributed by atoms with Crippen molar-refractivity contribution < 1.29 is 14.6 Å². The summed E-state index contributed by atoms with van der Waals surface area (Å²) in [7, 11) is 0. The van der Waals surface area contributed by atoms with E-state index in [1.165, 1.54) is 0 Å². The number of aryl methyl sites for hydroxylation is 1. The molecular weight excluding hydrogens is 350 g/mol. The molecule has 1 atom stereocenters. The van der Waals surface area contributed by atoms with Crippen molar-refractivity contribution in [2.24, 2.45) is 0 Å². The van der Waals surface area contributed by atoms with E-state index in [0.717, 1.165) is 40.9 Å². The molecule has 0 aromatic heterocycles. The standard InChI is InChI=1S/C24H29NO3/c1-4-5-14-28-20-12-10-19(11-13-20)24(3)15-21(22(16-26)23(27)25-24)18-8-6-17(2)7-9-18/h6-13,26H,4-5,14-16H2,1-3H3,(H,25,27)/t24-/m0/s1. The molecule has 28 heavy (non-hydrogen) atoms. The number of ether oxygens (including phenoxy) is 1. The van der Waals surface area contributed by atoms with Crippen LogP contribution in [0.5, 0.6) is 5.75 Å². The van der Waals surface area contributed by atoms with Crippen molar-refractivity contribution in [3.63, 3.8) is 0 Å². The van der Waals surface area contributed by atoms with E-state index in [-0.39, 0.29) is 12.5 Å². The number of rotatable bonds is 7. The number of amides is 1. The summed E-state index contributed by atoms with van der Waals surface area (Å²) in [6.45, 7) is 6.64. The molecule has 1 aliphatic rings. The van der Waals surface area contributed by atoms with Crippen LogP contribution in [0, 0.1) is 6.92 Å². The fraction of sp³-hybridized carbons (Fsp3) is 0.375. The summed E-state index contributed by atoms with van der Waals surface area (Å²) >= 11 is 0. The van der Waals surface area contributed by atoms with Crippen LogP contribution in [0.15, 0.2) is 54.1 Å². The van der Waals surface area contributed by atoms with Crippen molar-refractivity contribution in [2.75, 3.05) is 13.2 Å². The molecule has 2 aromatic rings. The minimum Gasteiger partial charge on any atom is -0.494 e. The summed E-state index contributed by atoms with van der Waals surface area (Å²) in [4.78, 5) is 12.8. The van der Waals surface area contributed by atoms with Crippen molar-refractivity contribution in [3.05, 3.63) is 70.8 Å². The topological polar surface area (TPSA) is 58.6 Å². The lowest BCUT2D eigenvalue weighted by Gasteiger charge is -2.37. The maximum Gasteiger partial charge on any atom is 0.250 e. The summed E-state index contributed by atoms with van der Waals surface area (Å²) in [5, 5.41) is 12.9. The minimum atomic E-state index is -0.544. The number of aliphatic hydroxyl groups excluding tert-OH is 1.